The molecule has 0 radical (unpaired) electrons. The SMILES string of the molecule is CCn1c(-c2nc(C(=O)N(C)C)cs2)cc2ccccc21. The molecule has 0 saturated carbocycles. The van der Waals surface area contributed by atoms with E-state index in [0.717, 1.165) is 17.2 Å². The number of carbonyl (C=O) groups is 1. The quantitative estimate of drug-likeness (QED) is 0.742. The lowest BCUT2D eigenvalue weighted by atomic mass is 10.2. The lowest BCUT2D eigenvalue weighted by molar-refractivity contribution is 0.0823. The molecule has 0 atom stereocenters. The van der Waals surface area contributed by atoms with Crippen molar-refractivity contribution in [1.82, 2.24) is 14.5 Å². The second-order valence-corrected chi connectivity index (χ2v) is 5.93. The molecule has 0 saturated heterocycles. The molecule has 0 unspecified atom stereocenters. The molecule has 0 aliphatic heterocycles. The Bertz CT molecular complexity index is 801. The largest absolute Gasteiger partial charge is 0.343 e. The van der Waals surface area contributed by atoms with Crippen LogP contribution >= 0.6 is 11.3 Å². The predicted octanol–water partition coefficient (Wildman–Crippen LogP) is 3.49. The predicted molar refractivity (Wildman–Crippen MR) is 86.7 cm³/mol. The van der Waals surface area contributed by atoms with Crippen LogP contribution in [-0.2, 0) is 6.54 Å². The lowest BCUT2D eigenvalue weighted by Crippen LogP contribution is -2.21. The van der Waals surface area contributed by atoms with E-state index < -0.39 is 0 Å². The van der Waals surface area contributed by atoms with Gasteiger partial charge in [-0.2, -0.15) is 0 Å². The Labute approximate surface area is 127 Å². The molecule has 0 aliphatic rings. The van der Waals surface area contributed by atoms with Gasteiger partial charge in [0, 0.05) is 36.9 Å². The first-order valence-electron chi connectivity index (χ1n) is 6.87. The van der Waals surface area contributed by atoms with Gasteiger partial charge in [-0.05, 0) is 19.1 Å². The summed E-state index contributed by atoms with van der Waals surface area (Å²) in [6, 6.07) is 10.4. The van der Waals surface area contributed by atoms with E-state index in [1.807, 2.05) is 17.5 Å². The number of carbonyl (C=O) groups excluding carboxylic acids is 1. The van der Waals surface area contributed by atoms with Gasteiger partial charge < -0.3 is 9.47 Å². The smallest absolute Gasteiger partial charge is 0.272 e. The van der Waals surface area contributed by atoms with Gasteiger partial charge in [-0.15, -0.1) is 11.3 Å². The Morgan fingerprint density at radius 1 is 1.33 bits per heavy atom. The minimum Gasteiger partial charge on any atom is -0.343 e. The molecule has 0 aliphatic carbocycles. The highest BCUT2D eigenvalue weighted by atomic mass is 32.1. The van der Waals surface area contributed by atoms with Gasteiger partial charge in [-0.3, -0.25) is 4.79 Å². The standard InChI is InChI=1S/C16H17N3OS/c1-4-19-13-8-6-5-7-11(13)9-14(19)15-17-12(10-21-15)16(20)18(2)3/h5-10H,4H2,1-3H3. The molecule has 21 heavy (non-hydrogen) atoms. The average Bonchev–Trinajstić information content (AvgIpc) is 3.10. The van der Waals surface area contributed by atoms with E-state index in [1.165, 1.54) is 22.2 Å². The number of hydrogen-bond donors (Lipinski definition) is 0. The number of rotatable bonds is 3. The summed E-state index contributed by atoms with van der Waals surface area (Å²) in [6.07, 6.45) is 0. The molecule has 0 fully saturated rings. The van der Waals surface area contributed by atoms with Crippen LogP contribution in [0.3, 0.4) is 0 Å². The van der Waals surface area contributed by atoms with Gasteiger partial charge in [0.15, 0.2) is 0 Å². The fourth-order valence-electron chi connectivity index (χ4n) is 2.45. The Balaban J connectivity index is 2.10. The summed E-state index contributed by atoms with van der Waals surface area (Å²) in [5.41, 5.74) is 2.78. The minimum atomic E-state index is -0.0586. The highest BCUT2D eigenvalue weighted by molar-refractivity contribution is 7.13. The fourth-order valence-corrected chi connectivity index (χ4v) is 3.26. The van der Waals surface area contributed by atoms with Crippen molar-refractivity contribution >= 4 is 28.1 Å². The Kier molecular flexibility index (Phi) is 3.51. The van der Waals surface area contributed by atoms with Crippen molar-refractivity contribution in [3.8, 4) is 10.7 Å². The maximum absolute atomic E-state index is 12.0. The van der Waals surface area contributed by atoms with Crippen molar-refractivity contribution in [2.45, 2.75) is 13.5 Å². The first-order chi connectivity index (χ1) is 10.1. The topological polar surface area (TPSA) is 38.1 Å². The zero-order valence-electron chi connectivity index (χ0n) is 12.3. The number of aromatic nitrogens is 2. The van der Waals surface area contributed by atoms with Crippen LogP contribution in [0.15, 0.2) is 35.7 Å². The normalized spacial score (nSPS) is 11.0. The molecule has 0 N–H and O–H groups in total. The van der Waals surface area contributed by atoms with Crippen LogP contribution < -0.4 is 0 Å². The van der Waals surface area contributed by atoms with Gasteiger partial charge in [0.25, 0.3) is 5.91 Å². The summed E-state index contributed by atoms with van der Waals surface area (Å²) < 4.78 is 2.23. The van der Waals surface area contributed by atoms with Crippen LogP contribution in [0.1, 0.15) is 17.4 Å². The number of nitrogens with zero attached hydrogens (tertiary/aromatic N) is 3. The number of benzene rings is 1. The number of amides is 1. The molecule has 108 valence electrons. The van der Waals surface area contributed by atoms with Crippen LogP contribution in [0, 0.1) is 0 Å². The van der Waals surface area contributed by atoms with Crippen LogP contribution in [0.5, 0.6) is 0 Å². The number of para-hydroxylation sites is 1. The highest BCUT2D eigenvalue weighted by Crippen LogP contribution is 2.30. The van der Waals surface area contributed by atoms with E-state index >= 15 is 0 Å². The van der Waals surface area contributed by atoms with Crippen LogP contribution in [-0.4, -0.2) is 34.5 Å². The average molecular weight is 299 g/mol. The van der Waals surface area contributed by atoms with E-state index in [9.17, 15) is 4.79 Å². The Morgan fingerprint density at radius 2 is 2.10 bits per heavy atom. The third-order valence-corrected chi connectivity index (χ3v) is 4.34. The van der Waals surface area contributed by atoms with Crippen molar-refractivity contribution in [2.75, 3.05) is 14.1 Å². The monoisotopic (exact) mass is 299 g/mol. The minimum absolute atomic E-state index is 0.0586. The molecule has 3 rings (SSSR count). The summed E-state index contributed by atoms with van der Waals surface area (Å²) in [7, 11) is 3.48. The van der Waals surface area contributed by atoms with Crippen molar-refractivity contribution < 1.29 is 4.79 Å². The van der Waals surface area contributed by atoms with Gasteiger partial charge in [-0.25, -0.2) is 4.98 Å². The van der Waals surface area contributed by atoms with Crippen LogP contribution in [0.4, 0.5) is 0 Å². The zero-order valence-corrected chi connectivity index (χ0v) is 13.1. The number of fused-ring (bicyclic) bond motifs is 1. The molecule has 1 aromatic carbocycles. The molecule has 2 aromatic heterocycles. The third kappa shape index (κ3) is 2.34. The van der Waals surface area contributed by atoms with Crippen molar-refractivity contribution in [3.63, 3.8) is 0 Å². The molecule has 0 bridgehead atoms. The van der Waals surface area contributed by atoms with Gasteiger partial charge >= 0.3 is 0 Å². The summed E-state index contributed by atoms with van der Waals surface area (Å²) in [5.74, 6) is -0.0586. The maximum Gasteiger partial charge on any atom is 0.272 e. The van der Waals surface area contributed by atoms with Gasteiger partial charge in [0.1, 0.15) is 10.7 Å². The van der Waals surface area contributed by atoms with E-state index in [2.05, 4.69) is 34.7 Å². The van der Waals surface area contributed by atoms with E-state index in [0.29, 0.717) is 5.69 Å². The number of hydrogen-bond acceptors (Lipinski definition) is 3. The lowest BCUT2D eigenvalue weighted by Gasteiger charge is -2.07. The highest BCUT2D eigenvalue weighted by Gasteiger charge is 2.16. The summed E-state index contributed by atoms with van der Waals surface area (Å²) in [5, 5.41) is 3.92. The Hall–Kier alpha value is -2.14. The molecule has 2 heterocycles. The Morgan fingerprint density at radius 3 is 2.81 bits per heavy atom. The van der Waals surface area contributed by atoms with E-state index in [1.54, 1.807) is 19.0 Å². The fraction of sp³-hybridized carbons (Fsp3) is 0.250. The summed E-state index contributed by atoms with van der Waals surface area (Å²) in [6.45, 7) is 2.99. The maximum atomic E-state index is 12.0. The third-order valence-electron chi connectivity index (χ3n) is 3.48. The first-order valence-corrected chi connectivity index (χ1v) is 7.75. The molecule has 1 amide bonds. The molecule has 3 aromatic rings. The van der Waals surface area contributed by atoms with Crippen molar-refractivity contribution in [1.29, 1.82) is 0 Å². The van der Waals surface area contributed by atoms with Gasteiger partial charge in [-0.1, -0.05) is 18.2 Å². The van der Waals surface area contributed by atoms with E-state index in [-0.39, 0.29) is 5.91 Å². The second kappa shape index (κ2) is 5.33. The van der Waals surface area contributed by atoms with Crippen molar-refractivity contribution in [3.05, 3.63) is 41.4 Å². The number of aryl methyl sites for hydroxylation is 1. The summed E-state index contributed by atoms with van der Waals surface area (Å²) in [4.78, 5) is 18.0. The van der Waals surface area contributed by atoms with Gasteiger partial charge in [0.2, 0.25) is 0 Å². The van der Waals surface area contributed by atoms with Crippen LogP contribution in [0.25, 0.3) is 21.6 Å². The molecule has 4 nitrogen and oxygen atoms in total. The molecule has 5 heteroatoms. The van der Waals surface area contributed by atoms with Crippen molar-refractivity contribution in [2.24, 2.45) is 0 Å². The molecule has 0 spiro atoms. The van der Waals surface area contributed by atoms with Crippen LogP contribution in [0.2, 0.25) is 0 Å². The molecular weight excluding hydrogens is 282 g/mol. The zero-order chi connectivity index (χ0) is 15.0. The second-order valence-electron chi connectivity index (χ2n) is 5.07. The first kappa shape index (κ1) is 13.8. The summed E-state index contributed by atoms with van der Waals surface area (Å²) >= 11 is 1.51. The molecular formula is C16H17N3OS. The van der Waals surface area contributed by atoms with E-state index in [4.69, 9.17) is 0 Å². The number of thiazole rings is 1. The van der Waals surface area contributed by atoms with Gasteiger partial charge in [0.05, 0.1) is 5.69 Å².